The number of hydrazine groups is 1. The van der Waals surface area contributed by atoms with Gasteiger partial charge in [-0.1, -0.05) is 11.6 Å². The molecule has 2 atom stereocenters. The second-order valence-corrected chi connectivity index (χ2v) is 4.71. The first kappa shape index (κ1) is 13.3. The van der Waals surface area contributed by atoms with E-state index in [1.807, 2.05) is 0 Å². The van der Waals surface area contributed by atoms with Crippen molar-refractivity contribution in [1.82, 2.24) is 0 Å². The third-order valence-electron chi connectivity index (χ3n) is 2.93. The molecule has 18 heavy (non-hydrogen) atoms. The van der Waals surface area contributed by atoms with E-state index in [1.54, 1.807) is 0 Å². The summed E-state index contributed by atoms with van der Waals surface area (Å²) in [6.45, 7) is 1.53. The molecule has 3 N–H and O–H groups in total. The molecule has 1 aromatic rings. The Kier molecular flexibility index (Phi) is 3.33. The third kappa shape index (κ3) is 2.49. The van der Waals surface area contributed by atoms with E-state index in [-0.39, 0.29) is 22.9 Å². The molecule has 0 spiro atoms. The van der Waals surface area contributed by atoms with Crippen molar-refractivity contribution in [1.29, 1.82) is 0 Å². The minimum Gasteiger partial charge on any atom is -0.489 e. The van der Waals surface area contributed by atoms with Crippen LogP contribution in [0, 0.1) is 11.7 Å². The van der Waals surface area contributed by atoms with E-state index in [0.29, 0.717) is 0 Å². The molecule has 100 valence electrons. The first-order chi connectivity index (χ1) is 8.35. The van der Waals surface area contributed by atoms with Crippen molar-refractivity contribution >= 4 is 17.3 Å². The number of nitrogens with one attached hydrogen (secondary N) is 1. The van der Waals surface area contributed by atoms with Crippen molar-refractivity contribution in [2.24, 2.45) is 11.8 Å². The van der Waals surface area contributed by atoms with Gasteiger partial charge in [0.1, 0.15) is 17.7 Å². The van der Waals surface area contributed by atoms with E-state index in [9.17, 15) is 13.2 Å². The van der Waals surface area contributed by atoms with Crippen LogP contribution in [0.4, 0.5) is 18.9 Å². The Morgan fingerprint density at radius 3 is 2.67 bits per heavy atom. The van der Waals surface area contributed by atoms with Gasteiger partial charge >= 0.3 is 0 Å². The van der Waals surface area contributed by atoms with Gasteiger partial charge in [0.15, 0.2) is 0 Å². The van der Waals surface area contributed by atoms with Gasteiger partial charge in [0.25, 0.3) is 5.92 Å². The zero-order chi connectivity index (χ0) is 13.5. The Hall–Kier alpha value is -1.14. The van der Waals surface area contributed by atoms with E-state index in [0.717, 1.165) is 6.07 Å². The summed E-state index contributed by atoms with van der Waals surface area (Å²) in [4.78, 5) is 0. The number of halogens is 4. The molecule has 1 saturated carbocycles. The lowest BCUT2D eigenvalue weighted by molar-refractivity contribution is 0.0635. The summed E-state index contributed by atoms with van der Waals surface area (Å²) >= 11 is 5.78. The number of rotatable bonds is 4. The van der Waals surface area contributed by atoms with Crippen LogP contribution in [0.25, 0.3) is 0 Å². The molecule has 0 heterocycles. The average molecular weight is 281 g/mol. The van der Waals surface area contributed by atoms with Crippen molar-refractivity contribution in [3.63, 3.8) is 0 Å². The lowest BCUT2D eigenvalue weighted by Crippen LogP contribution is -2.19. The number of benzene rings is 1. The Balaban J connectivity index is 2.14. The van der Waals surface area contributed by atoms with E-state index in [1.165, 1.54) is 13.0 Å². The topological polar surface area (TPSA) is 47.3 Å². The monoisotopic (exact) mass is 280 g/mol. The summed E-state index contributed by atoms with van der Waals surface area (Å²) in [5.74, 6) is 1.09. The molecule has 7 heteroatoms. The van der Waals surface area contributed by atoms with Gasteiger partial charge in [-0.05, 0) is 13.0 Å². The first-order valence-corrected chi connectivity index (χ1v) is 5.73. The Labute approximate surface area is 107 Å². The van der Waals surface area contributed by atoms with Gasteiger partial charge in [0, 0.05) is 12.5 Å². The van der Waals surface area contributed by atoms with Gasteiger partial charge in [-0.25, -0.2) is 13.2 Å². The number of ether oxygens (including phenoxy) is 1. The van der Waals surface area contributed by atoms with Crippen LogP contribution in [0.2, 0.25) is 5.02 Å². The number of alkyl halides is 2. The fourth-order valence-corrected chi connectivity index (χ4v) is 1.95. The van der Waals surface area contributed by atoms with Crippen molar-refractivity contribution in [2.45, 2.75) is 25.4 Å². The molecule has 1 fully saturated rings. The summed E-state index contributed by atoms with van der Waals surface area (Å²) in [5, 5.41) is 0.0160. The molecule has 0 aromatic heterocycles. The highest BCUT2D eigenvalue weighted by molar-refractivity contribution is 6.32. The molecular formula is C11H12ClF3N2O. The molecule has 2 unspecified atom stereocenters. The molecule has 0 bridgehead atoms. The molecule has 1 aliphatic rings. The van der Waals surface area contributed by atoms with Crippen LogP contribution in [-0.2, 0) is 0 Å². The smallest absolute Gasteiger partial charge is 0.255 e. The molecular weight excluding hydrogens is 269 g/mol. The third-order valence-corrected chi connectivity index (χ3v) is 3.23. The highest BCUT2D eigenvalue weighted by atomic mass is 35.5. The average Bonchev–Trinajstić information content (AvgIpc) is 2.92. The van der Waals surface area contributed by atoms with Crippen LogP contribution < -0.4 is 16.0 Å². The van der Waals surface area contributed by atoms with Gasteiger partial charge in [-0.15, -0.1) is 0 Å². The zero-order valence-corrected chi connectivity index (χ0v) is 10.3. The zero-order valence-electron chi connectivity index (χ0n) is 9.51. The van der Waals surface area contributed by atoms with Crippen molar-refractivity contribution in [2.75, 3.05) is 5.43 Å². The molecule has 1 aliphatic carbocycles. The lowest BCUT2D eigenvalue weighted by Gasteiger charge is -2.16. The summed E-state index contributed by atoms with van der Waals surface area (Å²) < 4.78 is 44.3. The van der Waals surface area contributed by atoms with Crippen molar-refractivity contribution < 1.29 is 17.9 Å². The molecule has 0 aliphatic heterocycles. The summed E-state index contributed by atoms with van der Waals surface area (Å²) in [7, 11) is 0. The van der Waals surface area contributed by atoms with E-state index in [2.05, 4.69) is 5.43 Å². The van der Waals surface area contributed by atoms with Crippen LogP contribution in [0.15, 0.2) is 12.1 Å². The lowest BCUT2D eigenvalue weighted by atomic mass is 10.2. The molecule has 2 rings (SSSR count). The Bertz CT molecular complexity index is 470. The second-order valence-electron chi connectivity index (χ2n) is 4.30. The van der Waals surface area contributed by atoms with E-state index in [4.69, 9.17) is 22.2 Å². The normalized spacial score (nSPS) is 22.4. The Morgan fingerprint density at radius 1 is 1.56 bits per heavy atom. The minimum atomic E-state index is -2.68. The van der Waals surface area contributed by atoms with Crippen LogP contribution in [-0.4, -0.2) is 12.0 Å². The van der Waals surface area contributed by atoms with Crippen molar-refractivity contribution in [3.8, 4) is 5.75 Å². The maximum Gasteiger partial charge on any atom is 0.255 e. The first-order valence-electron chi connectivity index (χ1n) is 5.35. The maximum absolute atomic E-state index is 13.3. The largest absolute Gasteiger partial charge is 0.489 e. The van der Waals surface area contributed by atoms with Gasteiger partial charge < -0.3 is 10.2 Å². The fraction of sp³-hybridized carbons (Fsp3) is 0.455. The highest BCUT2D eigenvalue weighted by Gasteiger charge is 2.60. The predicted octanol–water partition coefficient (Wildman–Crippen LogP) is 3.19. The predicted molar refractivity (Wildman–Crippen MR) is 62.4 cm³/mol. The van der Waals surface area contributed by atoms with Gasteiger partial charge in [-0.2, -0.15) is 0 Å². The van der Waals surface area contributed by atoms with Gasteiger partial charge in [-0.3, -0.25) is 5.84 Å². The summed E-state index contributed by atoms with van der Waals surface area (Å²) in [6, 6.07) is 2.26. The Morgan fingerprint density at radius 2 is 2.17 bits per heavy atom. The standard InChI is InChI=1S/C11H12ClF3N2O/c1-5(6-4-11(6,14)15)18-10-3-9(17-16)8(13)2-7(10)12/h2-3,5-6,17H,4,16H2,1H3. The molecule has 3 nitrogen and oxygen atoms in total. The number of hydrogen-bond donors (Lipinski definition) is 2. The van der Waals surface area contributed by atoms with Gasteiger partial charge in [0.2, 0.25) is 0 Å². The fourth-order valence-electron chi connectivity index (χ4n) is 1.76. The second kappa shape index (κ2) is 4.51. The number of hydrogen-bond acceptors (Lipinski definition) is 3. The van der Waals surface area contributed by atoms with Crippen LogP contribution >= 0.6 is 11.6 Å². The van der Waals surface area contributed by atoms with Gasteiger partial charge in [0.05, 0.1) is 16.6 Å². The molecule has 0 radical (unpaired) electrons. The van der Waals surface area contributed by atoms with Crippen LogP contribution in [0.1, 0.15) is 13.3 Å². The van der Waals surface area contributed by atoms with E-state index >= 15 is 0 Å². The highest BCUT2D eigenvalue weighted by Crippen LogP contribution is 2.51. The summed E-state index contributed by atoms with van der Waals surface area (Å²) in [6.07, 6.45) is -0.900. The van der Waals surface area contributed by atoms with Crippen LogP contribution in [0.3, 0.4) is 0 Å². The SMILES string of the molecule is CC(Oc1cc(NN)c(F)cc1Cl)C1CC1(F)F. The number of nitrogen functional groups attached to an aromatic ring is 1. The van der Waals surface area contributed by atoms with Crippen molar-refractivity contribution in [3.05, 3.63) is 23.0 Å². The molecule has 0 amide bonds. The maximum atomic E-state index is 13.3. The quantitative estimate of drug-likeness (QED) is 0.658. The molecule has 0 saturated heterocycles. The van der Waals surface area contributed by atoms with Crippen LogP contribution in [0.5, 0.6) is 5.75 Å². The molecule has 1 aromatic carbocycles. The number of nitrogens with two attached hydrogens (primary N) is 1. The van der Waals surface area contributed by atoms with E-state index < -0.39 is 23.8 Å². The summed E-state index contributed by atoms with van der Waals surface area (Å²) in [5.41, 5.74) is 2.13. The number of anilines is 1. The minimum absolute atomic E-state index is 0.0100.